The van der Waals surface area contributed by atoms with Crippen molar-refractivity contribution in [2.45, 2.75) is 25.8 Å². The number of halogens is 1. The van der Waals surface area contributed by atoms with Gasteiger partial charge in [-0.05, 0) is 37.6 Å². The van der Waals surface area contributed by atoms with Crippen molar-refractivity contribution in [1.29, 1.82) is 0 Å². The molecule has 2 rings (SSSR count). The number of nitrogens with one attached hydrogen (secondary N) is 1. The third-order valence-corrected chi connectivity index (χ3v) is 4.41. The smallest absolute Gasteiger partial charge is 0.234 e. The number of nitrogens with zero attached hydrogens (tertiary/aromatic N) is 2. The van der Waals surface area contributed by atoms with Crippen LogP contribution in [0.25, 0.3) is 0 Å². The van der Waals surface area contributed by atoms with Gasteiger partial charge in [-0.2, -0.15) is 0 Å². The van der Waals surface area contributed by atoms with E-state index in [1.807, 2.05) is 41.1 Å². The molecule has 1 aromatic carbocycles. The van der Waals surface area contributed by atoms with Crippen molar-refractivity contribution < 1.29 is 9.59 Å². The number of rotatable bonds is 8. The lowest BCUT2D eigenvalue weighted by atomic mass is 10.2. The molecule has 1 saturated heterocycles. The molecule has 0 spiro atoms. The van der Waals surface area contributed by atoms with Crippen molar-refractivity contribution in [1.82, 2.24) is 15.1 Å². The van der Waals surface area contributed by atoms with Gasteiger partial charge in [0.2, 0.25) is 11.8 Å². The lowest BCUT2D eigenvalue weighted by molar-refractivity contribution is -0.127. The SMILES string of the molecule is CN(CC(=O)NCCCN1CCCC1=O)Cc1ccc(Br)cc1. The van der Waals surface area contributed by atoms with Crippen LogP contribution in [0, 0.1) is 0 Å². The number of carbonyl (C=O) groups is 2. The molecule has 1 N–H and O–H groups in total. The summed E-state index contributed by atoms with van der Waals surface area (Å²) in [7, 11) is 1.94. The Hall–Kier alpha value is -1.40. The Morgan fingerprint density at radius 2 is 2.09 bits per heavy atom. The Balaban J connectivity index is 1.60. The summed E-state index contributed by atoms with van der Waals surface area (Å²) in [6.45, 7) is 3.34. The minimum atomic E-state index is 0.0253. The molecule has 5 nitrogen and oxygen atoms in total. The van der Waals surface area contributed by atoms with Crippen LogP contribution >= 0.6 is 15.9 Å². The number of likely N-dealkylation sites (tertiary alicyclic amines) is 1. The fraction of sp³-hybridized carbons (Fsp3) is 0.529. The molecule has 23 heavy (non-hydrogen) atoms. The van der Waals surface area contributed by atoms with E-state index in [0.717, 1.165) is 36.9 Å². The fourth-order valence-electron chi connectivity index (χ4n) is 2.70. The van der Waals surface area contributed by atoms with E-state index in [0.29, 0.717) is 19.5 Å². The lowest BCUT2D eigenvalue weighted by Gasteiger charge is -2.17. The van der Waals surface area contributed by atoms with Gasteiger partial charge in [0.15, 0.2) is 0 Å². The van der Waals surface area contributed by atoms with Crippen molar-refractivity contribution in [2.75, 3.05) is 33.2 Å². The Morgan fingerprint density at radius 3 is 2.74 bits per heavy atom. The molecule has 0 bridgehead atoms. The van der Waals surface area contributed by atoms with Gasteiger partial charge in [0, 0.05) is 37.1 Å². The van der Waals surface area contributed by atoms with Crippen molar-refractivity contribution in [2.24, 2.45) is 0 Å². The van der Waals surface area contributed by atoms with Gasteiger partial charge in [-0.3, -0.25) is 14.5 Å². The molecule has 1 aromatic rings. The van der Waals surface area contributed by atoms with Gasteiger partial charge in [0.1, 0.15) is 0 Å². The summed E-state index contributed by atoms with van der Waals surface area (Å²) in [5.41, 5.74) is 1.18. The van der Waals surface area contributed by atoms with Crippen LogP contribution in [0.5, 0.6) is 0 Å². The number of hydrogen-bond donors (Lipinski definition) is 1. The first-order valence-corrected chi connectivity index (χ1v) is 8.81. The molecule has 1 fully saturated rings. The van der Waals surface area contributed by atoms with E-state index in [1.165, 1.54) is 5.56 Å². The monoisotopic (exact) mass is 381 g/mol. The van der Waals surface area contributed by atoms with E-state index in [4.69, 9.17) is 0 Å². The Morgan fingerprint density at radius 1 is 1.35 bits per heavy atom. The standard InChI is InChI=1S/C17H24BrN3O2/c1-20(12-14-5-7-15(18)8-6-14)13-16(22)19-9-3-11-21-10-2-4-17(21)23/h5-8H,2-4,9-13H2,1H3,(H,19,22). The molecule has 0 radical (unpaired) electrons. The fourth-order valence-corrected chi connectivity index (χ4v) is 2.96. The normalized spacial score (nSPS) is 14.6. The average molecular weight is 382 g/mol. The minimum Gasteiger partial charge on any atom is -0.355 e. The summed E-state index contributed by atoms with van der Waals surface area (Å²) < 4.78 is 1.05. The van der Waals surface area contributed by atoms with Crippen molar-refractivity contribution in [3.63, 3.8) is 0 Å². The van der Waals surface area contributed by atoms with Gasteiger partial charge in [-0.25, -0.2) is 0 Å². The molecule has 1 aliphatic rings. The molecule has 0 aliphatic carbocycles. The molecule has 0 unspecified atom stereocenters. The molecule has 6 heteroatoms. The van der Waals surface area contributed by atoms with Crippen LogP contribution in [0.1, 0.15) is 24.8 Å². The topological polar surface area (TPSA) is 52.7 Å². The first-order chi connectivity index (χ1) is 11.0. The Kier molecular flexibility index (Phi) is 7.05. The highest BCUT2D eigenvalue weighted by Crippen LogP contribution is 2.11. The van der Waals surface area contributed by atoms with E-state index in [2.05, 4.69) is 21.2 Å². The maximum absolute atomic E-state index is 11.9. The third kappa shape index (κ3) is 6.31. The van der Waals surface area contributed by atoms with Crippen molar-refractivity contribution >= 4 is 27.7 Å². The zero-order chi connectivity index (χ0) is 16.7. The zero-order valence-corrected chi connectivity index (χ0v) is 15.1. The highest BCUT2D eigenvalue weighted by atomic mass is 79.9. The van der Waals surface area contributed by atoms with Crippen LogP contribution in [0.2, 0.25) is 0 Å². The highest BCUT2D eigenvalue weighted by Gasteiger charge is 2.19. The molecule has 2 amide bonds. The van der Waals surface area contributed by atoms with Gasteiger partial charge in [-0.1, -0.05) is 28.1 Å². The second-order valence-electron chi connectivity index (χ2n) is 5.99. The first kappa shape index (κ1) is 17.9. The average Bonchev–Trinajstić information content (AvgIpc) is 2.91. The van der Waals surface area contributed by atoms with Crippen LogP contribution < -0.4 is 5.32 Å². The number of likely N-dealkylation sites (N-methyl/N-ethyl adjacent to an activating group) is 1. The number of hydrogen-bond acceptors (Lipinski definition) is 3. The van der Waals surface area contributed by atoms with E-state index in [-0.39, 0.29) is 11.8 Å². The van der Waals surface area contributed by atoms with Gasteiger partial charge in [0.25, 0.3) is 0 Å². The van der Waals surface area contributed by atoms with E-state index in [1.54, 1.807) is 0 Å². The van der Waals surface area contributed by atoms with E-state index in [9.17, 15) is 9.59 Å². The summed E-state index contributed by atoms with van der Waals surface area (Å²) >= 11 is 3.41. The molecular weight excluding hydrogens is 358 g/mol. The molecule has 0 atom stereocenters. The van der Waals surface area contributed by atoms with Gasteiger partial charge >= 0.3 is 0 Å². The van der Waals surface area contributed by atoms with Crippen molar-refractivity contribution in [3.8, 4) is 0 Å². The van der Waals surface area contributed by atoms with Gasteiger partial charge in [-0.15, -0.1) is 0 Å². The number of amides is 2. The molecule has 0 aromatic heterocycles. The van der Waals surface area contributed by atoms with E-state index >= 15 is 0 Å². The molecule has 126 valence electrons. The quantitative estimate of drug-likeness (QED) is 0.700. The van der Waals surface area contributed by atoms with Crippen LogP contribution in [0.3, 0.4) is 0 Å². The third-order valence-electron chi connectivity index (χ3n) is 3.88. The summed E-state index contributed by atoms with van der Waals surface area (Å²) in [5, 5.41) is 2.92. The zero-order valence-electron chi connectivity index (χ0n) is 13.6. The second-order valence-corrected chi connectivity index (χ2v) is 6.90. The number of carbonyl (C=O) groups excluding carboxylic acids is 2. The van der Waals surface area contributed by atoms with Crippen LogP contribution in [0.4, 0.5) is 0 Å². The maximum atomic E-state index is 11.9. The van der Waals surface area contributed by atoms with Gasteiger partial charge in [0.05, 0.1) is 6.54 Å². The molecule has 1 aliphatic heterocycles. The summed E-state index contributed by atoms with van der Waals surface area (Å²) in [6, 6.07) is 8.10. The van der Waals surface area contributed by atoms with Gasteiger partial charge < -0.3 is 10.2 Å². The largest absolute Gasteiger partial charge is 0.355 e. The summed E-state index contributed by atoms with van der Waals surface area (Å²) in [4.78, 5) is 27.3. The van der Waals surface area contributed by atoms with Crippen LogP contribution in [-0.4, -0.2) is 54.8 Å². The maximum Gasteiger partial charge on any atom is 0.234 e. The van der Waals surface area contributed by atoms with Crippen LogP contribution in [-0.2, 0) is 16.1 Å². The highest BCUT2D eigenvalue weighted by molar-refractivity contribution is 9.10. The molecule has 1 heterocycles. The summed E-state index contributed by atoms with van der Waals surface area (Å²) in [5.74, 6) is 0.267. The van der Waals surface area contributed by atoms with Crippen LogP contribution in [0.15, 0.2) is 28.7 Å². The predicted molar refractivity (Wildman–Crippen MR) is 93.9 cm³/mol. The predicted octanol–water partition coefficient (Wildman–Crippen LogP) is 2.01. The summed E-state index contributed by atoms with van der Waals surface area (Å²) in [6.07, 6.45) is 2.45. The first-order valence-electron chi connectivity index (χ1n) is 8.02. The molecule has 0 saturated carbocycles. The molecular formula is C17H24BrN3O2. The second kappa shape index (κ2) is 9.03. The van der Waals surface area contributed by atoms with Crippen molar-refractivity contribution in [3.05, 3.63) is 34.3 Å². The lowest BCUT2D eigenvalue weighted by Crippen LogP contribution is -2.36. The Labute approximate surface area is 146 Å². The van der Waals surface area contributed by atoms with E-state index < -0.39 is 0 Å². The number of benzene rings is 1. The Bertz CT molecular complexity index is 533. The minimum absolute atomic E-state index is 0.0253.